The lowest BCUT2D eigenvalue weighted by Gasteiger charge is -2.30. The van der Waals surface area contributed by atoms with E-state index in [-0.39, 0.29) is 0 Å². The highest BCUT2D eigenvalue weighted by atomic mass is 16.5. The van der Waals surface area contributed by atoms with Gasteiger partial charge in [-0.2, -0.15) is 0 Å². The molecule has 1 saturated heterocycles. The van der Waals surface area contributed by atoms with Gasteiger partial charge in [0.2, 0.25) is 0 Å². The highest BCUT2D eigenvalue weighted by molar-refractivity contribution is 4.77. The fraction of sp³-hybridized carbons (Fsp3) is 1.00. The molecule has 1 aliphatic rings. The van der Waals surface area contributed by atoms with Crippen LogP contribution in [-0.4, -0.2) is 26.3 Å². The molecular formula is C9H19NO. The number of rotatable bonds is 3. The first kappa shape index (κ1) is 9.01. The molecular weight excluding hydrogens is 138 g/mol. The van der Waals surface area contributed by atoms with E-state index in [0.29, 0.717) is 6.04 Å². The summed E-state index contributed by atoms with van der Waals surface area (Å²) in [6, 6.07) is 0.698. The molecule has 2 heteroatoms. The van der Waals surface area contributed by atoms with Crippen molar-refractivity contribution in [3.05, 3.63) is 0 Å². The van der Waals surface area contributed by atoms with E-state index in [1.807, 2.05) is 0 Å². The molecule has 0 aromatic carbocycles. The molecule has 1 rings (SSSR count). The van der Waals surface area contributed by atoms with Gasteiger partial charge in [0.1, 0.15) is 0 Å². The van der Waals surface area contributed by atoms with Gasteiger partial charge in [-0.15, -0.1) is 0 Å². The first-order valence-electron chi connectivity index (χ1n) is 4.63. The minimum absolute atomic E-state index is 0.698. The molecule has 1 aliphatic heterocycles. The van der Waals surface area contributed by atoms with Gasteiger partial charge < -0.3 is 10.1 Å². The highest BCUT2D eigenvalue weighted by Crippen LogP contribution is 2.18. The Balaban J connectivity index is 2.31. The van der Waals surface area contributed by atoms with Crippen LogP contribution in [0.4, 0.5) is 0 Å². The zero-order valence-electron chi connectivity index (χ0n) is 7.60. The lowest BCUT2D eigenvalue weighted by molar-refractivity contribution is 0.0305. The summed E-state index contributed by atoms with van der Waals surface area (Å²) >= 11 is 0. The predicted octanol–water partition coefficient (Wildman–Crippen LogP) is 1.41. The Kier molecular flexibility index (Phi) is 3.87. The van der Waals surface area contributed by atoms with Crippen LogP contribution in [0.3, 0.4) is 0 Å². The molecule has 0 bridgehead atoms. The summed E-state index contributed by atoms with van der Waals surface area (Å²) < 4.78 is 5.43. The van der Waals surface area contributed by atoms with Crippen molar-refractivity contribution < 1.29 is 4.74 Å². The third-order valence-corrected chi connectivity index (χ3v) is 2.50. The highest BCUT2D eigenvalue weighted by Gasteiger charge is 2.22. The summed E-state index contributed by atoms with van der Waals surface area (Å²) in [5.74, 6) is 0.749. The second-order valence-corrected chi connectivity index (χ2v) is 3.31. The van der Waals surface area contributed by atoms with Gasteiger partial charge in [0.05, 0.1) is 6.61 Å². The van der Waals surface area contributed by atoms with E-state index in [0.717, 1.165) is 19.1 Å². The minimum Gasteiger partial charge on any atom is -0.381 e. The second kappa shape index (κ2) is 4.73. The van der Waals surface area contributed by atoms with Gasteiger partial charge in [-0.1, -0.05) is 13.3 Å². The van der Waals surface area contributed by atoms with Crippen LogP contribution in [0.15, 0.2) is 0 Å². The number of ether oxygens (including phenoxy) is 1. The minimum atomic E-state index is 0.698. The second-order valence-electron chi connectivity index (χ2n) is 3.31. The molecule has 1 fully saturated rings. The normalized spacial score (nSPS) is 32.2. The fourth-order valence-corrected chi connectivity index (χ4v) is 1.83. The van der Waals surface area contributed by atoms with Crippen LogP contribution in [0, 0.1) is 5.92 Å². The molecule has 11 heavy (non-hydrogen) atoms. The quantitative estimate of drug-likeness (QED) is 0.669. The largest absolute Gasteiger partial charge is 0.381 e. The van der Waals surface area contributed by atoms with Crippen molar-refractivity contribution in [3.63, 3.8) is 0 Å². The van der Waals surface area contributed by atoms with Crippen molar-refractivity contribution in [2.45, 2.75) is 32.2 Å². The van der Waals surface area contributed by atoms with Gasteiger partial charge in [-0.3, -0.25) is 0 Å². The van der Waals surface area contributed by atoms with Gasteiger partial charge in [0.15, 0.2) is 0 Å². The summed E-state index contributed by atoms with van der Waals surface area (Å²) in [4.78, 5) is 0. The SMILES string of the molecule is CCCC1COCCC1NC. The Morgan fingerprint density at radius 1 is 1.55 bits per heavy atom. The predicted molar refractivity (Wildman–Crippen MR) is 46.7 cm³/mol. The third kappa shape index (κ3) is 2.46. The van der Waals surface area contributed by atoms with Crippen molar-refractivity contribution in [1.82, 2.24) is 5.32 Å². The first-order valence-corrected chi connectivity index (χ1v) is 4.63. The Labute approximate surface area is 69.3 Å². The van der Waals surface area contributed by atoms with Crippen LogP contribution < -0.4 is 5.32 Å². The monoisotopic (exact) mass is 157 g/mol. The van der Waals surface area contributed by atoms with E-state index in [9.17, 15) is 0 Å². The van der Waals surface area contributed by atoms with Gasteiger partial charge in [0.25, 0.3) is 0 Å². The zero-order chi connectivity index (χ0) is 8.10. The third-order valence-electron chi connectivity index (χ3n) is 2.50. The molecule has 2 atom stereocenters. The topological polar surface area (TPSA) is 21.3 Å². The maximum atomic E-state index is 5.43. The van der Waals surface area contributed by atoms with Gasteiger partial charge in [-0.05, 0) is 25.8 Å². The first-order chi connectivity index (χ1) is 5.38. The van der Waals surface area contributed by atoms with Crippen molar-refractivity contribution >= 4 is 0 Å². The summed E-state index contributed by atoms with van der Waals surface area (Å²) in [7, 11) is 2.05. The lowest BCUT2D eigenvalue weighted by Crippen LogP contribution is -2.40. The van der Waals surface area contributed by atoms with Crippen LogP contribution in [0.1, 0.15) is 26.2 Å². The molecule has 0 radical (unpaired) electrons. The summed E-state index contributed by atoms with van der Waals surface area (Å²) in [5.41, 5.74) is 0. The average molecular weight is 157 g/mol. The maximum Gasteiger partial charge on any atom is 0.0509 e. The molecule has 0 aliphatic carbocycles. The molecule has 1 heterocycles. The summed E-state index contributed by atoms with van der Waals surface area (Å²) in [6.07, 6.45) is 3.75. The molecule has 1 N–H and O–H groups in total. The molecule has 0 aromatic heterocycles. The standard InChI is InChI=1S/C9H19NO/c1-3-4-8-7-11-6-5-9(8)10-2/h8-10H,3-7H2,1-2H3. The van der Waals surface area contributed by atoms with Crippen LogP contribution in [-0.2, 0) is 4.74 Å². The van der Waals surface area contributed by atoms with Crippen LogP contribution >= 0.6 is 0 Å². The summed E-state index contributed by atoms with van der Waals surface area (Å²) in [6.45, 7) is 4.13. The van der Waals surface area contributed by atoms with E-state index in [2.05, 4.69) is 19.3 Å². The number of hydrogen-bond acceptors (Lipinski definition) is 2. The van der Waals surface area contributed by atoms with E-state index in [4.69, 9.17) is 4.74 Å². The van der Waals surface area contributed by atoms with Gasteiger partial charge in [0, 0.05) is 12.6 Å². The molecule has 0 aromatic rings. The number of hydrogen-bond donors (Lipinski definition) is 1. The Bertz CT molecular complexity index is 104. The Morgan fingerprint density at radius 3 is 3.00 bits per heavy atom. The van der Waals surface area contributed by atoms with Gasteiger partial charge in [-0.25, -0.2) is 0 Å². The van der Waals surface area contributed by atoms with E-state index in [1.54, 1.807) is 0 Å². The molecule has 2 unspecified atom stereocenters. The fourth-order valence-electron chi connectivity index (χ4n) is 1.83. The summed E-state index contributed by atoms with van der Waals surface area (Å²) in [5, 5.41) is 3.36. The Morgan fingerprint density at radius 2 is 2.36 bits per heavy atom. The van der Waals surface area contributed by atoms with Gasteiger partial charge >= 0.3 is 0 Å². The molecule has 0 amide bonds. The maximum absolute atomic E-state index is 5.43. The number of nitrogens with one attached hydrogen (secondary N) is 1. The van der Waals surface area contributed by atoms with E-state index in [1.165, 1.54) is 19.3 Å². The van der Waals surface area contributed by atoms with Crippen LogP contribution in [0.5, 0.6) is 0 Å². The Hall–Kier alpha value is -0.0800. The van der Waals surface area contributed by atoms with Crippen LogP contribution in [0.25, 0.3) is 0 Å². The smallest absolute Gasteiger partial charge is 0.0509 e. The zero-order valence-corrected chi connectivity index (χ0v) is 7.60. The van der Waals surface area contributed by atoms with Crippen molar-refractivity contribution in [3.8, 4) is 0 Å². The van der Waals surface area contributed by atoms with Crippen molar-refractivity contribution in [1.29, 1.82) is 0 Å². The van der Waals surface area contributed by atoms with E-state index < -0.39 is 0 Å². The molecule has 0 spiro atoms. The lowest BCUT2D eigenvalue weighted by atomic mass is 9.92. The average Bonchev–Trinajstić information content (AvgIpc) is 2.06. The van der Waals surface area contributed by atoms with E-state index >= 15 is 0 Å². The van der Waals surface area contributed by atoms with Crippen molar-refractivity contribution in [2.24, 2.45) is 5.92 Å². The van der Waals surface area contributed by atoms with Crippen molar-refractivity contribution in [2.75, 3.05) is 20.3 Å². The molecule has 0 saturated carbocycles. The van der Waals surface area contributed by atoms with Crippen LogP contribution in [0.2, 0.25) is 0 Å². The molecule has 66 valence electrons. The molecule has 2 nitrogen and oxygen atoms in total.